The summed E-state index contributed by atoms with van der Waals surface area (Å²) in [5.41, 5.74) is 0.760. The van der Waals surface area contributed by atoms with Crippen molar-refractivity contribution in [1.29, 1.82) is 0 Å². The van der Waals surface area contributed by atoms with Gasteiger partial charge < -0.3 is 14.5 Å². The number of furan rings is 1. The monoisotopic (exact) mass is 461 g/mol. The molecule has 0 spiro atoms. The highest BCUT2D eigenvalue weighted by Crippen LogP contribution is 2.40. The van der Waals surface area contributed by atoms with Crippen LogP contribution in [0.5, 0.6) is 5.75 Å². The first kappa shape index (κ1) is 22.8. The highest BCUT2D eigenvalue weighted by molar-refractivity contribution is 7.90. The van der Waals surface area contributed by atoms with E-state index in [0.717, 1.165) is 17.1 Å². The van der Waals surface area contributed by atoms with E-state index < -0.39 is 15.3 Å². The molecule has 2 N–H and O–H groups in total. The van der Waals surface area contributed by atoms with Gasteiger partial charge in [-0.1, -0.05) is 19.1 Å². The van der Waals surface area contributed by atoms with Crippen molar-refractivity contribution in [1.82, 2.24) is 14.9 Å². The third-order valence-corrected chi connectivity index (χ3v) is 8.51. The molecule has 0 radical (unpaired) electrons. The smallest absolute Gasteiger partial charge is 0.223 e. The minimum Gasteiger partial charge on any atom is -0.497 e. The fourth-order valence-corrected chi connectivity index (χ4v) is 6.90. The number of benzene rings is 1. The molecule has 2 aliphatic heterocycles. The first-order chi connectivity index (χ1) is 15.3. The molecule has 4 rings (SSSR count). The zero-order valence-corrected chi connectivity index (χ0v) is 19.5. The summed E-state index contributed by atoms with van der Waals surface area (Å²) in [7, 11) is -1.91. The summed E-state index contributed by atoms with van der Waals surface area (Å²) in [4.78, 5) is 14.7. The number of nitrogens with zero attached hydrogens (tertiary/aromatic N) is 1. The predicted octanol–water partition coefficient (Wildman–Crippen LogP) is 2.56. The molecule has 0 saturated carbocycles. The van der Waals surface area contributed by atoms with Crippen molar-refractivity contribution in [3.05, 3.63) is 53.5 Å². The second-order valence-electron chi connectivity index (χ2n) is 8.70. The number of hydrogen-bond donors (Lipinski definition) is 2. The molecule has 2 saturated heterocycles. The fourth-order valence-electron chi connectivity index (χ4n) is 4.82. The summed E-state index contributed by atoms with van der Waals surface area (Å²) in [5, 5.41) is 2.34. The average Bonchev–Trinajstić information content (AvgIpc) is 3.31. The van der Waals surface area contributed by atoms with Gasteiger partial charge >= 0.3 is 0 Å². The van der Waals surface area contributed by atoms with E-state index in [2.05, 4.69) is 14.9 Å². The number of carbonyl (C=O) groups excluding carboxylic acids is 1. The van der Waals surface area contributed by atoms with Crippen molar-refractivity contribution in [3.8, 4) is 5.75 Å². The minimum atomic E-state index is -3.50. The Balaban J connectivity index is 1.35. The van der Waals surface area contributed by atoms with E-state index in [-0.39, 0.29) is 23.9 Å². The molecule has 174 valence electrons. The SMILES string of the molecule is COc1ccc(C2C(C)C(N3CCC(C(=O)NCc4ccc(C)o4)CC3)NS2(=O)=O)cc1. The first-order valence-electron chi connectivity index (χ1n) is 11.0. The van der Waals surface area contributed by atoms with Crippen molar-refractivity contribution >= 4 is 15.9 Å². The quantitative estimate of drug-likeness (QED) is 0.686. The largest absolute Gasteiger partial charge is 0.497 e. The summed E-state index contributed by atoms with van der Waals surface area (Å²) in [6.45, 7) is 5.57. The molecule has 3 unspecified atom stereocenters. The lowest BCUT2D eigenvalue weighted by atomic mass is 9.92. The van der Waals surface area contributed by atoms with E-state index in [4.69, 9.17) is 9.15 Å². The molecular formula is C23H31N3O5S. The van der Waals surface area contributed by atoms with Gasteiger partial charge in [0.25, 0.3) is 0 Å². The Hall–Kier alpha value is -2.36. The number of amides is 1. The number of sulfonamides is 1. The van der Waals surface area contributed by atoms with Crippen LogP contribution in [0.2, 0.25) is 0 Å². The van der Waals surface area contributed by atoms with Crippen LogP contribution in [0.4, 0.5) is 0 Å². The number of aryl methyl sites for hydroxylation is 1. The summed E-state index contributed by atoms with van der Waals surface area (Å²) < 4.78 is 39.4. The zero-order chi connectivity index (χ0) is 22.9. The first-order valence-corrected chi connectivity index (χ1v) is 12.6. The van der Waals surface area contributed by atoms with Crippen molar-refractivity contribution in [3.63, 3.8) is 0 Å². The standard InChI is InChI=1S/C23H31N3O5S/c1-15-4-7-20(31-15)14-24-23(27)18-10-12-26(13-11-18)22-16(2)21(32(28,29)25-22)17-5-8-19(30-3)9-6-17/h4-9,16,18,21-22,25H,10-14H2,1-3H3,(H,24,27). The lowest BCUT2D eigenvalue weighted by molar-refractivity contribution is -0.127. The number of rotatable bonds is 6. The van der Waals surface area contributed by atoms with Crippen LogP contribution in [0, 0.1) is 18.8 Å². The molecule has 3 atom stereocenters. The summed E-state index contributed by atoms with van der Waals surface area (Å²) in [5.74, 6) is 2.09. The van der Waals surface area contributed by atoms with Gasteiger partial charge in [-0.25, -0.2) is 8.42 Å². The van der Waals surface area contributed by atoms with E-state index in [9.17, 15) is 13.2 Å². The Morgan fingerprint density at radius 2 is 1.88 bits per heavy atom. The number of carbonyl (C=O) groups is 1. The normalized spacial score (nSPS) is 26.2. The fraction of sp³-hybridized carbons (Fsp3) is 0.522. The van der Waals surface area contributed by atoms with E-state index in [0.29, 0.717) is 38.2 Å². The van der Waals surface area contributed by atoms with Gasteiger partial charge in [-0.3, -0.25) is 9.69 Å². The molecule has 3 heterocycles. The van der Waals surface area contributed by atoms with Gasteiger partial charge in [0.15, 0.2) is 0 Å². The second kappa shape index (κ2) is 9.25. The maximum absolute atomic E-state index is 12.9. The van der Waals surface area contributed by atoms with Crippen molar-refractivity contribution < 1.29 is 22.4 Å². The van der Waals surface area contributed by atoms with Crippen LogP contribution in [0.1, 0.15) is 42.1 Å². The van der Waals surface area contributed by atoms with Crippen LogP contribution in [0.25, 0.3) is 0 Å². The third-order valence-electron chi connectivity index (χ3n) is 6.57. The molecule has 8 nitrogen and oxygen atoms in total. The zero-order valence-electron chi connectivity index (χ0n) is 18.7. The van der Waals surface area contributed by atoms with Gasteiger partial charge in [0.05, 0.1) is 19.8 Å². The highest BCUT2D eigenvalue weighted by Gasteiger charge is 2.48. The Morgan fingerprint density at radius 1 is 1.19 bits per heavy atom. The lowest BCUT2D eigenvalue weighted by Crippen LogP contribution is -2.50. The molecule has 2 aromatic rings. The van der Waals surface area contributed by atoms with Gasteiger partial charge in [-0.05, 0) is 49.6 Å². The topological polar surface area (TPSA) is 101 Å². The average molecular weight is 462 g/mol. The molecule has 32 heavy (non-hydrogen) atoms. The van der Waals surface area contributed by atoms with Gasteiger partial charge in [0, 0.05) is 24.9 Å². The van der Waals surface area contributed by atoms with Crippen LogP contribution in [-0.2, 0) is 21.4 Å². The number of ether oxygens (including phenoxy) is 1. The molecular weight excluding hydrogens is 430 g/mol. The van der Waals surface area contributed by atoms with Crippen LogP contribution in [0.15, 0.2) is 40.8 Å². The molecule has 1 aromatic heterocycles. The third kappa shape index (κ3) is 4.69. The summed E-state index contributed by atoms with van der Waals surface area (Å²) in [6, 6.07) is 11.0. The molecule has 1 amide bonds. The van der Waals surface area contributed by atoms with Gasteiger partial charge in [0.1, 0.15) is 22.5 Å². The second-order valence-corrected chi connectivity index (χ2v) is 10.5. The predicted molar refractivity (Wildman–Crippen MR) is 120 cm³/mol. The Morgan fingerprint density at radius 3 is 2.47 bits per heavy atom. The van der Waals surface area contributed by atoms with Crippen LogP contribution in [0.3, 0.4) is 0 Å². The number of hydrogen-bond acceptors (Lipinski definition) is 6. The molecule has 2 fully saturated rings. The number of nitrogens with one attached hydrogen (secondary N) is 2. The van der Waals surface area contributed by atoms with Crippen molar-refractivity contribution in [2.24, 2.45) is 11.8 Å². The maximum atomic E-state index is 12.9. The molecule has 0 bridgehead atoms. The van der Waals surface area contributed by atoms with Crippen LogP contribution < -0.4 is 14.8 Å². The molecule has 9 heteroatoms. The van der Waals surface area contributed by atoms with E-state index >= 15 is 0 Å². The van der Waals surface area contributed by atoms with Crippen LogP contribution >= 0.6 is 0 Å². The Kier molecular flexibility index (Phi) is 6.60. The summed E-state index contributed by atoms with van der Waals surface area (Å²) in [6.07, 6.45) is 1.12. The maximum Gasteiger partial charge on any atom is 0.223 e. The summed E-state index contributed by atoms with van der Waals surface area (Å²) >= 11 is 0. The van der Waals surface area contributed by atoms with E-state index in [1.807, 2.05) is 38.1 Å². The van der Waals surface area contributed by atoms with Gasteiger partial charge in [-0.15, -0.1) is 0 Å². The highest BCUT2D eigenvalue weighted by atomic mass is 32.2. The number of methoxy groups -OCH3 is 1. The van der Waals surface area contributed by atoms with Crippen molar-refractivity contribution in [2.45, 2.75) is 44.6 Å². The minimum absolute atomic E-state index is 0.0230. The number of piperidine rings is 1. The number of likely N-dealkylation sites (tertiary alicyclic amines) is 1. The van der Waals surface area contributed by atoms with Crippen LogP contribution in [-0.4, -0.2) is 45.6 Å². The molecule has 2 aliphatic rings. The van der Waals surface area contributed by atoms with E-state index in [1.165, 1.54) is 0 Å². The Labute approximate surface area is 189 Å². The van der Waals surface area contributed by atoms with E-state index in [1.54, 1.807) is 19.2 Å². The van der Waals surface area contributed by atoms with Crippen molar-refractivity contribution in [2.75, 3.05) is 20.2 Å². The molecule has 0 aliphatic carbocycles. The van der Waals surface area contributed by atoms with Gasteiger partial charge in [0.2, 0.25) is 15.9 Å². The Bertz CT molecular complexity index is 1040. The molecule has 1 aromatic carbocycles. The van der Waals surface area contributed by atoms with Gasteiger partial charge in [-0.2, -0.15) is 4.72 Å². The lowest BCUT2D eigenvalue weighted by Gasteiger charge is -2.36.